The quantitative estimate of drug-likeness (QED) is 0.797. The molecule has 6 nitrogen and oxygen atoms in total. The van der Waals surface area contributed by atoms with Crippen molar-refractivity contribution in [2.45, 2.75) is 25.9 Å². The lowest BCUT2D eigenvalue weighted by Gasteiger charge is -2.29. The zero-order valence-electron chi connectivity index (χ0n) is 15.2. The van der Waals surface area contributed by atoms with Crippen molar-refractivity contribution < 1.29 is 23.1 Å². The average Bonchev–Trinajstić information content (AvgIpc) is 3.01. The molecule has 0 spiro atoms. The third kappa shape index (κ3) is 4.63. The van der Waals surface area contributed by atoms with Crippen LogP contribution in [0.5, 0.6) is 0 Å². The van der Waals surface area contributed by atoms with Crippen molar-refractivity contribution in [3.8, 4) is 0 Å². The smallest absolute Gasteiger partial charge is 0.414 e. The largest absolute Gasteiger partial charge is 0.442 e. The molecule has 1 atom stereocenters. The van der Waals surface area contributed by atoms with Gasteiger partial charge in [-0.1, -0.05) is 6.92 Å². The summed E-state index contributed by atoms with van der Waals surface area (Å²) in [5, 5.41) is 2.69. The van der Waals surface area contributed by atoms with Gasteiger partial charge in [-0.2, -0.15) is 11.8 Å². The van der Waals surface area contributed by atoms with Crippen LogP contribution in [0.25, 0.3) is 0 Å². The summed E-state index contributed by atoms with van der Waals surface area (Å²) < 4.78 is 34.4. The van der Waals surface area contributed by atoms with Gasteiger partial charge >= 0.3 is 6.09 Å². The van der Waals surface area contributed by atoms with E-state index in [1.54, 1.807) is 16.7 Å². The number of carbonyl (C=O) groups excluding carboxylic acids is 2. The van der Waals surface area contributed by atoms with Crippen molar-refractivity contribution in [2.24, 2.45) is 0 Å². The first-order valence-corrected chi connectivity index (χ1v) is 10.2. The summed E-state index contributed by atoms with van der Waals surface area (Å²) in [6.45, 7) is 3.37. The van der Waals surface area contributed by atoms with Gasteiger partial charge in [0.2, 0.25) is 5.91 Å². The highest BCUT2D eigenvalue weighted by molar-refractivity contribution is 7.99. The normalized spacial score (nSPS) is 20.0. The second-order valence-corrected chi connectivity index (χ2v) is 7.75. The Morgan fingerprint density at radius 1 is 1.30 bits per heavy atom. The summed E-state index contributed by atoms with van der Waals surface area (Å²) >= 11 is 1.75. The van der Waals surface area contributed by atoms with Gasteiger partial charge in [-0.15, -0.1) is 0 Å². The maximum absolute atomic E-state index is 14.6. The Kier molecular flexibility index (Phi) is 6.41. The highest BCUT2D eigenvalue weighted by Gasteiger charge is 2.34. The van der Waals surface area contributed by atoms with E-state index in [0.717, 1.165) is 17.9 Å². The lowest BCUT2D eigenvalue weighted by molar-refractivity contribution is -0.121. The van der Waals surface area contributed by atoms with Crippen molar-refractivity contribution >= 4 is 35.1 Å². The fourth-order valence-corrected chi connectivity index (χ4v) is 4.08. The van der Waals surface area contributed by atoms with Gasteiger partial charge in [0, 0.05) is 43.1 Å². The second kappa shape index (κ2) is 8.77. The molecule has 148 valence electrons. The molecule has 0 bridgehead atoms. The van der Waals surface area contributed by atoms with E-state index in [2.05, 4.69) is 5.32 Å². The Hall–Kier alpha value is -2.03. The summed E-state index contributed by atoms with van der Waals surface area (Å²) in [7, 11) is 0. The summed E-state index contributed by atoms with van der Waals surface area (Å²) in [5.74, 6) is 0.150. The minimum atomic E-state index is -0.690. The molecule has 1 unspecified atom stereocenters. The molecule has 1 aromatic rings. The van der Waals surface area contributed by atoms with E-state index in [9.17, 15) is 18.4 Å². The Morgan fingerprint density at radius 3 is 2.59 bits per heavy atom. The van der Waals surface area contributed by atoms with Crippen LogP contribution in [0.4, 0.5) is 25.0 Å². The lowest BCUT2D eigenvalue weighted by atomic mass is 10.2. The highest BCUT2D eigenvalue weighted by Crippen LogP contribution is 2.32. The highest BCUT2D eigenvalue weighted by atomic mass is 32.2. The van der Waals surface area contributed by atoms with Crippen LogP contribution in [0, 0.1) is 11.6 Å². The number of nitrogens with one attached hydrogen (secondary N) is 1. The number of nitrogens with zero attached hydrogens (tertiary/aromatic N) is 2. The van der Waals surface area contributed by atoms with Crippen LogP contribution < -0.4 is 15.1 Å². The molecule has 1 aromatic carbocycles. The summed E-state index contributed by atoms with van der Waals surface area (Å²) in [5.41, 5.74) is 0.0718. The van der Waals surface area contributed by atoms with Crippen molar-refractivity contribution in [1.29, 1.82) is 0 Å². The number of thioether (sulfide) groups is 1. The number of benzene rings is 1. The molecule has 2 aliphatic heterocycles. The van der Waals surface area contributed by atoms with Crippen molar-refractivity contribution in [2.75, 3.05) is 47.5 Å². The first kappa shape index (κ1) is 19.7. The van der Waals surface area contributed by atoms with Gasteiger partial charge in [-0.3, -0.25) is 9.69 Å². The predicted octanol–water partition coefficient (Wildman–Crippen LogP) is 2.76. The maximum Gasteiger partial charge on any atom is 0.414 e. The van der Waals surface area contributed by atoms with Gasteiger partial charge in [0.1, 0.15) is 11.8 Å². The van der Waals surface area contributed by atoms with E-state index in [0.29, 0.717) is 19.5 Å². The van der Waals surface area contributed by atoms with Crippen molar-refractivity contribution in [3.63, 3.8) is 0 Å². The molecule has 0 radical (unpaired) electrons. The minimum absolute atomic E-state index is 0.0463. The molecule has 0 saturated carbocycles. The number of rotatable bonds is 6. The van der Waals surface area contributed by atoms with E-state index in [1.165, 1.54) is 17.0 Å². The third-order valence-electron chi connectivity index (χ3n) is 4.52. The molecule has 2 aliphatic rings. The Labute approximate surface area is 161 Å². The summed E-state index contributed by atoms with van der Waals surface area (Å²) in [6, 6.07) is 2.33. The van der Waals surface area contributed by atoms with Crippen LogP contribution in [-0.4, -0.2) is 55.8 Å². The van der Waals surface area contributed by atoms with E-state index in [1.807, 2.05) is 6.92 Å². The fraction of sp³-hybridized carbons (Fsp3) is 0.556. The molecule has 0 aromatic heterocycles. The Morgan fingerprint density at radius 2 is 1.96 bits per heavy atom. The van der Waals surface area contributed by atoms with Gasteiger partial charge in [-0.05, 0) is 6.42 Å². The molecule has 2 fully saturated rings. The number of anilines is 2. The van der Waals surface area contributed by atoms with Crippen LogP contribution in [-0.2, 0) is 9.53 Å². The first-order chi connectivity index (χ1) is 13.0. The lowest BCUT2D eigenvalue weighted by Crippen LogP contribution is -2.35. The molecule has 3 rings (SSSR count). The van der Waals surface area contributed by atoms with Gasteiger partial charge in [0.15, 0.2) is 11.6 Å². The molecule has 9 heteroatoms. The average molecular weight is 399 g/mol. The standard InChI is InChI=1S/C18H23F2N3O3S/c1-2-3-16(24)21-10-13-11-23(18(25)26-13)12-8-14(19)17(15(20)9-12)22-4-6-27-7-5-22/h8-9,13H,2-7,10-11H2,1H3,(H,21,24). The maximum atomic E-state index is 14.6. The molecule has 2 saturated heterocycles. The molecule has 2 heterocycles. The van der Waals surface area contributed by atoms with Gasteiger partial charge < -0.3 is 15.0 Å². The number of halogens is 2. The summed E-state index contributed by atoms with van der Waals surface area (Å²) in [6.07, 6.45) is -0.103. The molecular weight excluding hydrogens is 376 g/mol. The monoisotopic (exact) mass is 399 g/mol. The van der Waals surface area contributed by atoms with Gasteiger partial charge in [-0.25, -0.2) is 13.6 Å². The van der Waals surface area contributed by atoms with Crippen LogP contribution in [0.1, 0.15) is 19.8 Å². The van der Waals surface area contributed by atoms with E-state index < -0.39 is 23.8 Å². The van der Waals surface area contributed by atoms with E-state index in [4.69, 9.17) is 4.74 Å². The van der Waals surface area contributed by atoms with Crippen molar-refractivity contribution in [3.05, 3.63) is 23.8 Å². The molecular formula is C18H23F2N3O3S. The third-order valence-corrected chi connectivity index (χ3v) is 5.46. The Balaban J connectivity index is 1.69. The second-order valence-electron chi connectivity index (χ2n) is 6.53. The summed E-state index contributed by atoms with van der Waals surface area (Å²) in [4.78, 5) is 26.5. The fourth-order valence-electron chi connectivity index (χ4n) is 3.18. The zero-order chi connectivity index (χ0) is 19.4. The van der Waals surface area contributed by atoms with Crippen LogP contribution in [0.3, 0.4) is 0 Å². The van der Waals surface area contributed by atoms with Crippen molar-refractivity contribution in [1.82, 2.24) is 5.32 Å². The zero-order valence-corrected chi connectivity index (χ0v) is 16.0. The Bertz CT molecular complexity index is 690. The number of ether oxygens (including phenoxy) is 1. The van der Waals surface area contributed by atoms with E-state index in [-0.39, 0.29) is 30.4 Å². The SMILES string of the molecule is CCCC(=O)NCC1CN(c2cc(F)c(N3CCSCC3)c(F)c2)C(=O)O1. The number of hydrogen-bond donors (Lipinski definition) is 1. The number of amides is 2. The van der Waals surface area contributed by atoms with Crippen LogP contribution in [0.15, 0.2) is 12.1 Å². The minimum Gasteiger partial charge on any atom is -0.442 e. The number of cyclic esters (lactones) is 1. The van der Waals surface area contributed by atoms with Gasteiger partial charge in [0.05, 0.1) is 18.8 Å². The number of hydrogen-bond acceptors (Lipinski definition) is 5. The van der Waals surface area contributed by atoms with Crippen LogP contribution >= 0.6 is 11.8 Å². The number of carbonyl (C=O) groups is 2. The van der Waals surface area contributed by atoms with Crippen LogP contribution in [0.2, 0.25) is 0 Å². The topological polar surface area (TPSA) is 61.9 Å². The molecule has 1 N–H and O–H groups in total. The molecule has 27 heavy (non-hydrogen) atoms. The predicted molar refractivity (Wildman–Crippen MR) is 101 cm³/mol. The molecule has 2 amide bonds. The van der Waals surface area contributed by atoms with E-state index >= 15 is 0 Å². The first-order valence-electron chi connectivity index (χ1n) is 9.06. The van der Waals surface area contributed by atoms with Gasteiger partial charge in [0.25, 0.3) is 0 Å². The molecule has 0 aliphatic carbocycles.